The van der Waals surface area contributed by atoms with Crippen molar-refractivity contribution in [2.45, 2.75) is 12.5 Å². The number of aromatic nitrogens is 4. The normalized spacial score (nSPS) is 18.2. The van der Waals surface area contributed by atoms with Crippen molar-refractivity contribution in [1.29, 1.82) is 0 Å². The second-order valence-corrected chi connectivity index (χ2v) is 5.97. The van der Waals surface area contributed by atoms with Gasteiger partial charge in [-0.15, -0.1) is 5.10 Å². The molecule has 2 aromatic heterocycles. The number of hydrogen-bond acceptors (Lipinski definition) is 4. The zero-order chi connectivity index (χ0) is 15.0. The number of carbonyl (C=O) groups is 1. The third kappa shape index (κ3) is 2.67. The van der Waals surface area contributed by atoms with Crippen molar-refractivity contribution < 1.29 is 9.53 Å². The van der Waals surface area contributed by atoms with E-state index >= 15 is 0 Å². The summed E-state index contributed by atoms with van der Waals surface area (Å²) in [5.41, 5.74) is 0.502. The number of rotatable bonds is 3. The summed E-state index contributed by atoms with van der Waals surface area (Å²) in [6.45, 7) is 1.35. The summed E-state index contributed by atoms with van der Waals surface area (Å²) in [5.74, 6) is 0.321. The third-order valence-electron chi connectivity index (χ3n) is 3.61. The van der Waals surface area contributed by atoms with Crippen LogP contribution in [-0.4, -0.2) is 50.6 Å². The lowest BCUT2D eigenvalue weighted by molar-refractivity contribution is 0.0783. The number of amides is 1. The number of carbonyl (C=O) groups excluding carboxylic acids is 1. The van der Waals surface area contributed by atoms with E-state index in [0.717, 1.165) is 10.9 Å². The van der Waals surface area contributed by atoms with Crippen LogP contribution in [0.1, 0.15) is 22.8 Å². The van der Waals surface area contributed by atoms with Gasteiger partial charge in [0, 0.05) is 32.5 Å². The first-order chi connectivity index (χ1) is 10.1. The van der Waals surface area contributed by atoms with E-state index in [1.54, 1.807) is 24.1 Å². The number of nitrogens with zero attached hydrogens (tertiary/aromatic N) is 5. The van der Waals surface area contributed by atoms with E-state index in [1.165, 1.54) is 7.11 Å². The predicted octanol–water partition coefficient (Wildman–Crippen LogP) is 1.47. The van der Waals surface area contributed by atoms with Crippen LogP contribution in [0, 0.1) is 0 Å². The molecule has 1 fully saturated rings. The van der Waals surface area contributed by atoms with Gasteiger partial charge in [0.15, 0.2) is 0 Å². The molecule has 1 aliphatic heterocycles. The Morgan fingerprint density at radius 2 is 2.29 bits per heavy atom. The fraction of sp³-hybridized carbons (Fsp3) is 0.462. The van der Waals surface area contributed by atoms with Gasteiger partial charge < -0.3 is 9.64 Å². The highest BCUT2D eigenvalue weighted by Gasteiger charge is 2.30. The molecule has 3 rings (SSSR count). The summed E-state index contributed by atoms with van der Waals surface area (Å²) < 4.78 is 9.59. The minimum Gasteiger partial charge on any atom is -0.479 e. The lowest BCUT2D eigenvalue weighted by Gasteiger charge is -2.16. The fourth-order valence-electron chi connectivity index (χ4n) is 2.59. The summed E-state index contributed by atoms with van der Waals surface area (Å²) in [6, 6.07) is 0.211. The molecule has 1 unspecified atom stereocenters. The molecular weight excluding hydrogens is 338 g/mol. The minimum atomic E-state index is -0.0475. The molecule has 0 radical (unpaired) electrons. The summed E-state index contributed by atoms with van der Waals surface area (Å²) in [6.07, 6.45) is 6.28. The van der Waals surface area contributed by atoms with E-state index in [0.29, 0.717) is 24.5 Å². The van der Waals surface area contributed by atoms with E-state index in [2.05, 4.69) is 26.1 Å². The maximum absolute atomic E-state index is 12.6. The van der Waals surface area contributed by atoms with Crippen LogP contribution in [0.3, 0.4) is 0 Å². The summed E-state index contributed by atoms with van der Waals surface area (Å²) in [5, 5.41) is 8.42. The molecule has 21 heavy (non-hydrogen) atoms. The van der Waals surface area contributed by atoms with Gasteiger partial charge in [-0.05, 0) is 22.4 Å². The Bertz CT molecular complexity index is 665. The van der Waals surface area contributed by atoms with Gasteiger partial charge in [0.25, 0.3) is 5.91 Å². The van der Waals surface area contributed by atoms with Gasteiger partial charge in [-0.1, -0.05) is 0 Å². The van der Waals surface area contributed by atoms with Crippen LogP contribution in [0.2, 0.25) is 0 Å². The Hall–Kier alpha value is -1.83. The molecule has 7 nitrogen and oxygen atoms in total. The van der Waals surface area contributed by atoms with Crippen molar-refractivity contribution >= 4 is 21.8 Å². The van der Waals surface area contributed by atoms with Crippen LogP contribution in [0.4, 0.5) is 0 Å². The zero-order valence-electron chi connectivity index (χ0n) is 11.9. The molecule has 1 aliphatic rings. The van der Waals surface area contributed by atoms with Crippen LogP contribution >= 0.6 is 15.9 Å². The summed E-state index contributed by atoms with van der Waals surface area (Å²) in [4.78, 5) is 14.4. The molecule has 8 heteroatoms. The molecule has 112 valence electrons. The molecular formula is C13H16BrN5O2. The van der Waals surface area contributed by atoms with Gasteiger partial charge in [-0.3, -0.25) is 14.2 Å². The van der Waals surface area contributed by atoms with Crippen LogP contribution in [-0.2, 0) is 7.05 Å². The third-order valence-corrected chi connectivity index (χ3v) is 4.02. The second-order valence-electron chi connectivity index (χ2n) is 5.06. The molecule has 0 aliphatic carbocycles. The molecule has 2 aromatic rings. The average molecular weight is 354 g/mol. The Balaban J connectivity index is 1.75. The molecule has 1 amide bonds. The van der Waals surface area contributed by atoms with Crippen LogP contribution < -0.4 is 4.74 Å². The van der Waals surface area contributed by atoms with E-state index in [4.69, 9.17) is 4.74 Å². The van der Waals surface area contributed by atoms with E-state index in [1.807, 2.05) is 15.8 Å². The number of hydrogen-bond donors (Lipinski definition) is 0. The van der Waals surface area contributed by atoms with E-state index in [9.17, 15) is 4.79 Å². The summed E-state index contributed by atoms with van der Waals surface area (Å²) >= 11 is 3.39. The Morgan fingerprint density at radius 3 is 2.95 bits per heavy atom. The monoisotopic (exact) mass is 353 g/mol. The van der Waals surface area contributed by atoms with Crippen molar-refractivity contribution in [3.8, 4) is 5.88 Å². The lowest BCUT2D eigenvalue weighted by Crippen LogP contribution is -2.29. The predicted molar refractivity (Wildman–Crippen MR) is 79.2 cm³/mol. The first-order valence-corrected chi connectivity index (χ1v) is 7.44. The van der Waals surface area contributed by atoms with Gasteiger partial charge in [0.05, 0.1) is 23.8 Å². The lowest BCUT2D eigenvalue weighted by atomic mass is 10.3. The maximum Gasteiger partial charge on any atom is 0.261 e. The second kappa shape index (κ2) is 5.51. The van der Waals surface area contributed by atoms with Crippen molar-refractivity contribution in [2.24, 2.45) is 7.05 Å². The van der Waals surface area contributed by atoms with Crippen molar-refractivity contribution in [3.05, 3.63) is 28.6 Å². The van der Waals surface area contributed by atoms with Crippen molar-refractivity contribution in [2.75, 3.05) is 20.2 Å². The van der Waals surface area contributed by atoms with E-state index < -0.39 is 0 Å². The number of methoxy groups -OCH3 is 1. The quantitative estimate of drug-likeness (QED) is 0.838. The highest BCUT2D eigenvalue weighted by molar-refractivity contribution is 9.10. The zero-order valence-corrected chi connectivity index (χ0v) is 13.4. The topological polar surface area (TPSA) is 65.2 Å². The molecule has 0 aromatic carbocycles. The molecule has 3 heterocycles. The average Bonchev–Trinajstić information content (AvgIpc) is 3.16. The molecule has 0 N–H and O–H groups in total. The SMILES string of the molecule is COc1nn(C)cc1C(=O)N1CCC(n2cc(Br)cn2)C1. The van der Waals surface area contributed by atoms with Crippen LogP contribution in [0.25, 0.3) is 0 Å². The number of halogens is 1. The largest absolute Gasteiger partial charge is 0.479 e. The number of aryl methyl sites for hydroxylation is 1. The van der Waals surface area contributed by atoms with Gasteiger partial charge >= 0.3 is 0 Å². The molecule has 0 bridgehead atoms. The summed E-state index contributed by atoms with van der Waals surface area (Å²) in [7, 11) is 3.29. The fourth-order valence-corrected chi connectivity index (χ4v) is 2.89. The van der Waals surface area contributed by atoms with Crippen molar-refractivity contribution in [3.63, 3.8) is 0 Å². The molecule has 0 saturated carbocycles. The Morgan fingerprint density at radius 1 is 1.48 bits per heavy atom. The number of likely N-dealkylation sites (tertiary alicyclic amines) is 1. The number of ether oxygens (including phenoxy) is 1. The van der Waals surface area contributed by atoms with Crippen LogP contribution in [0.5, 0.6) is 5.88 Å². The van der Waals surface area contributed by atoms with Gasteiger partial charge in [-0.25, -0.2) is 0 Å². The first-order valence-electron chi connectivity index (χ1n) is 6.65. The van der Waals surface area contributed by atoms with Gasteiger partial charge in [-0.2, -0.15) is 5.10 Å². The molecule has 0 spiro atoms. The minimum absolute atomic E-state index is 0.0475. The standard InChI is InChI=1S/C13H16BrN5O2/c1-17-8-11(12(16-17)21-2)13(20)18-4-3-10(7-18)19-6-9(14)5-15-19/h5-6,8,10H,3-4,7H2,1-2H3. The molecule has 1 atom stereocenters. The highest BCUT2D eigenvalue weighted by Crippen LogP contribution is 2.26. The smallest absolute Gasteiger partial charge is 0.261 e. The Labute approximate surface area is 130 Å². The maximum atomic E-state index is 12.6. The van der Waals surface area contributed by atoms with E-state index in [-0.39, 0.29) is 11.9 Å². The van der Waals surface area contributed by atoms with Crippen LogP contribution in [0.15, 0.2) is 23.1 Å². The highest BCUT2D eigenvalue weighted by atomic mass is 79.9. The Kier molecular flexibility index (Phi) is 3.71. The van der Waals surface area contributed by atoms with Gasteiger partial charge in [0.1, 0.15) is 5.56 Å². The van der Waals surface area contributed by atoms with Crippen molar-refractivity contribution in [1.82, 2.24) is 24.5 Å². The first kappa shape index (κ1) is 14.1. The molecule has 1 saturated heterocycles. The van der Waals surface area contributed by atoms with Gasteiger partial charge in [0.2, 0.25) is 5.88 Å².